The summed E-state index contributed by atoms with van der Waals surface area (Å²) in [5.74, 6) is 0. The second-order valence-corrected chi connectivity index (χ2v) is 7.15. The molecule has 0 aliphatic carbocycles. The summed E-state index contributed by atoms with van der Waals surface area (Å²) in [4.78, 5) is 16.5. The molecule has 3 aromatic heterocycles. The first kappa shape index (κ1) is 16.8. The topological polar surface area (TPSA) is 57.4 Å². The zero-order valence-corrected chi connectivity index (χ0v) is 16.1. The lowest BCUT2D eigenvalue weighted by Crippen LogP contribution is -1.85. The van der Waals surface area contributed by atoms with Gasteiger partial charge < -0.3 is 9.97 Å². The molecule has 2 aliphatic rings. The number of aromatic nitrogens is 4. The Hall–Kier alpha value is -3.40. The van der Waals surface area contributed by atoms with Gasteiger partial charge in [-0.15, -0.1) is 0 Å². The zero-order valence-electron chi connectivity index (χ0n) is 16.1. The van der Waals surface area contributed by atoms with E-state index in [4.69, 9.17) is 4.98 Å². The third kappa shape index (κ3) is 2.97. The van der Waals surface area contributed by atoms with E-state index in [1.165, 1.54) is 11.1 Å². The molecule has 8 bridgehead atoms. The first-order valence-corrected chi connectivity index (χ1v) is 9.81. The Bertz CT molecular complexity index is 1290. The third-order valence-corrected chi connectivity index (χ3v) is 5.28. The van der Waals surface area contributed by atoms with Gasteiger partial charge in [0.25, 0.3) is 0 Å². The molecule has 0 saturated carbocycles. The standard InChI is InChI=1S/C24H22N4/c1-3-21-22(4-2)24-14-20-10-8-18(27-20)12-16-6-5-15(25-16)11-17-7-9-19(26-17)13-23(21)28-24/h5-14,26,28H,3-4H2,1-2H3. The van der Waals surface area contributed by atoms with Crippen LogP contribution < -0.4 is 0 Å². The van der Waals surface area contributed by atoms with Crippen LogP contribution >= 0.6 is 0 Å². The van der Waals surface area contributed by atoms with Crippen LogP contribution in [0, 0.1) is 0 Å². The molecular weight excluding hydrogens is 344 g/mol. The minimum atomic E-state index is 0.922. The SMILES string of the molecule is CCc1c(CC)c2cc3ccc(cc4nc(cc5nc(cc1[nH]2)C=C5)C=C4)[nH]3. The summed E-state index contributed by atoms with van der Waals surface area (Å²) in [5, 5.41) is 0. The van der Waals surface area contributed by atoms with Crippen molar-refractivity contribution >= 4 is 46.4 Å². The molecule has 0 fully saturated rings. The number of aromatic amines is 2. The van der Waals surface area contributed by atoms with Gasteiger partial charge in [-0.05, 0) is 84.7 Å². The number of nitrogens with one attached hydrogen (secondary N) is 2. The smallest absolute Gasteiger partial charge is 0.0659 e. The fourth-order valence-corrected chi connectivity index (χ4v) is 4.00. The maximum atomic E-state index is 4.75. The minimum absolute atomic E-state index is 0.922. The van der Waals surface area contributed by atoms with E-state index in [-0.39, 0.29) is 0 Å². The second kappa shape index (κ2) is 6.64. The predicted octanol–water partition coefficient (Wildman–Crippen LogP) is 5.78. The van der Waals surface area contributed by atoms with Crippen molar-refractivity contribution < 1.29 is 0 Å². The van der Waals surface area contributed by atoms with Crippen LogP contribution in [0.2, 0.25) is 0 Å². The van der Waals surface area contributed by atoms with Crippen LogP contribution in [0.3, 0.4) is 0 Å². The van der Waals surface area contributed by atoms with E-state index in [1.54, 1.807) is 0 Å². The summed E-state index contributed by atoms with van der Waals surface area (Å²) in [6.07, 6.45) is 10.1. The molecule has 3 aromatic rings. The number of nitrogens with zero attached hydrogens (tertiary/aromatic N) is 2. The molecule has 28 heavy (non-hydrogen) atoms. The molecule has 4 nitrogen and oxygen atoms in total. The van der Waals surface area contributed by atoms with Gasteiger partial charge in [0.1, 0.15) is 0 Å². The van der Waals surface area contributed by atoms with Crippen molar-refractivity contribution in [3.05, 3.63) is 70.3 Å². The molecule has 0 amide bonds. The first-order chi connectivity index (χ1) is 13.7. The van der Waals surface area contributed by atoms with Gasteiger partial charge in [-0.1, -0.05) is 13.8 Å². The Morgan fingerprint density at radius 3 is 1.71 bits per heavy atom. The minimum Gasteiger partial charge on any atom is -0.355 e. The van der Waals surface area contributed by atoms with Crippen LogP contribution in [-0.2, 0) is 12.8 Å². The second-order valence-electron chi connectivity index (χ2n) is 7.15. The molecule has 0 aromatic carbocycles. The number of aryl methyl sites for hydroxylation is 2. The van der Waals surface area contributed by atoms with Gasteiger partial charge in [0, 0.05) is 22.1 Å². The zero-order chi connectivity index (χ0) is 19.1. The van der Waals surface area contributed by atoms with Crippen molar-refractivity contribution in [3.8, 4) is 0 Å². The van der Waals surface area contributed by atoms with E-state index < -0.39 is 0 Å². The third-order valence-electron chi connectivity index (χ3n) is 5.28. The number of H-pyrrole nitrogens is 2. The molecule has 4 heteroatoms. The average Bonchev–Trinajstić information content (AvgIpc) is 3.45. The van der Waals surface area contributed by atoms with E-state index >= 15 is 0 Å². The summed E-state index contributed by atoms with van der Waals surface area (Å²) in [7, 11) is 0. The van der Waals surface area contributed by atoms with Gasteiger partial charge in [0.05, 0.1) is 22.8 Å². The van der Waals surface area contributed by atoms with Crippen LogP contribution in [0.5, 0.6) is 0 Å². The van der Waals surface area contributed by atoms with Gasteiger partial charge >= 0.3 is 0 Å². The Labute approximate surface area is 163 Å². The summed E-state index contributed by atoms with van der Waals surface area (Å²) in [6, 6.07) is 12.6. The molecule has 0 unspecified atom stereocenters. The molecule has 2 N–H and O–H groups in total. The van der Waals surface area contributed by atoms with E-state index in [1.807, 2.05) is 24.3 Å². The van der Waals surface area contributed by atoms with Crippen LogP contribution in [0.25, 0.3) is 46.4 Å². The fraction of sp³-hybridized carbons (Fsp3) is 0.167. The number of fused-ring (bicyclic) bond motifs is 8. The van der Waals surface area contributed by atoms with Crippen molar-refractivity contribution in [2.75, 3.05) is 0 Å². The highest BCUT2D eigenvalue weighted by molar-refractivity contribution is 5.80. The molecule has 0 atom stereocenters. The number of hydrogen-bond donors (Lipinski definition) is 2. The molecule has 0 radical (unpaired) electrons. The van der Waals surface area contributed by atoms with Crippen LogP contribution in [0.1, 0.15) is 47.8 Å². The van der Waals surface area contributed by atoms with Crippen LogP contribution in [-0.4, -0.2) is 19.9 Å². The summed E-state index contributed by atoms with van der Waals surface area (Å²) < 4.78 is 0. The normalized spacial score (nSPS) is 12.6. The molecule has 138 valence electrons. The van der Waals surface area contributed by atoms with Crippen LogP contribution in [0.4, 0.5) is 0 Å². The Morgan fingerprint density at radius 1 is 0.607 bits per heavy atom. The maximum Gasteiger partial charge on any atom is 0.0659 e. The van der Waals surface area contributed by atoms with Crippen molar-refractivity contribution in [1.29, 1.82) is 0 Å². The summed E-state index contributed by atoms with van der Waals surface area (Å²) in [6.45, 7) is 4.43. The molecular formula is C24H22N4. The predicted molar refractivity (Wildman–Crippen MR) is 118 cm³/mol. The van der Waals surface area contributed by atoms with Gasteiger partial charge in [0.15, 0.2) is 0 Å². The van der Waals surface area contributed by atoms with Crippen molar-refractivity contribution in [3.63, 3.8) is 0 Å². The van der Waals surface area contributed by atoms with E-state index in [2.05, 4.69) is 65.2 Å². The van der Waals surface area contributed by atoms with Gasteiger partial charge in [-0.25, -0.2) is 9.97 Å². The quantitative estimate of drug-likeness (QED) is 0.416. The summed E-state index contributed by atoms with van der Waals surface area (Å²) in [5.41, 5.74) is 10.9. The van der Waals surface area contributed by atoms with E-state index in [9.17, 15) is 0 Å². The van der Waals surface area contributed by atoms with Crippen molar-refractivity contribution in [2.24, 2.45) is 0 Å². The molecule has 5 heterocycles. The molecule has 0 saturated heterocycles. The lowest BCUT2D eigenvalue weighted by atomic mass is 10.1. The Morgan fingerprint density at radius 2 is 1.11 bits per heavy atom. The summed E-state index contributed by atoms with van der Waals surface area (Å²) >= 11 is 0. The molecule has 5 rings (SSSR count). The van der Waals surface area contributed by atoms with E-state index in [0.29, 0.717) is 0 Å². The van der Waals surface area contributed by atoms with Crippen LogP contribution in [0.15, 0.2) is 36.4 Å². The largest absolute Gasteiger partial charge is 0.355 e. The van der Waals surface area contributed by atoms with Crippen molar-refractivity contribution in [1.82, 2.24) is 19.9 Å². The van der Waals surface area contributed by atoms with Gasteiger partial charge in [0.2, 0.25) is 0 Å². The van der Waals surface area contributed by atoms with E-state index in [0.717, 1.165) is 57.7 Å². The molecule has 2 aliphatic heterocycles. The molecule has 0 spiro atoms. The van der Waals surface area contributed by atoms with Gasteiger partial charge in [-0.2, -0.15) is 0 Å². The Kier molecular flexibility index (Phi) is 3.97. The first-order valence-electron chi connectivity index (χ1n) is 9.81. The lowest BCUT2D eigenvalue weighted by Gasteiger charge is -1.97. The fourth-order valence-electron chi connectivity index (χ4n) is 4.00. The van der Waals surface area contributed by atoms with Gasteiger partial charge in [-0.3, -0.25) is 0 Å². The van der Waals surface area contributed by atoms with Crippen molar-refractivity contribution in [2.45, 2.75) is 26.7 Å². The lowest BCUT2D eigenvalue weighted by molar-refractivity contribution is 1.07. The highest BCUT2D eigenvalue weighted by Gasteiger charge is 2.09. The monoisotopic (exact) mass is 366 g/mol. The average molecular weight is 366 g/mol. The highest BCUT2D eigenvalue weighted by atomic mass is 14.8. The maximum absolute atomic E-state index is 4.75. The number of hydrogen-bond acceptors (Lipinski definition) is 2. The number of rotatable bonds is 2. The highest BCUT2D eigenvalue weighted by Crippen LogP contribution is 2.24. The Balaban J connectivity index is 1.89.